The molecule has 9 nitrogen and oxygen atoms in total. The minimum Gasteiger partial charge on any atom is -0.493 e. The van der Waals surface area contributed by atoms with Crippen LogP contribution < -0.4 is 14.2 Å². The summed E-state index contributed by atoms with van der Waals surface area (Å²) in [5.41, 5.74) is -0.207. The van der Waals surface area contributed by atoms with Gasteiger partial charge in [-0.05, 0) is 42.7 Å². The van der Waals surface area contributed by atoms with Gasteiger partial charge in [-0.1, -0.05) is 24.3 Å². The van der Waals surface area contributed by atoms with Gasteiger partial charge in [0, 0.05) is 52.6 Å². The van der Waals surface area contributed by atoms with Gasteiger partial charge in [-0.3, -0.25) is 14.5 Å². The average Bonchev–Trinajstić information content (AvgIpc) is 3.24. The molecule has 0 spiro atoms. The summed E-state index contributed by atoms with van der Waals surface area (Å²) in [6, 6.07) is 15.2. The van der Waals surface area contributed by atoms with Crippen LogP contribution in [-0.2, 0) is 16.1 Å². The third-order valence-electron chi connectivity index (χ3n) is 7.02. The van der Waals surface area contributed by atoms with Crippen molar-refractivity contribution in [3.8, 4) is 17.2 Å². The first-order valence-corrected chi connectivity index (χ1v) is 13.3. The van der Waals surface area contributed by atoms with Crippen molar-refractivity contribution in [2.45, 2.75) is 38.3 Å². The molecule has 0 aromatic heterocycles. The van der Waals surface area contributed by atoms with Crippen molar-refractivity contribution in [1.29, 1.82) is 0 Å². The van der Waals surface area contributed by atoms with E-state index >= 15 is 0 Å². The molecule has 0 radical (unpaired) electrons. The topological polar surface area (TPSA) is 91.8 Å². The van der Waals surface area contributed by atoms with Gasteiger partial charge in [-0.2, -0.15) is 0 Å². The van der Waals surface area contributed by atoms with E-state index in [9.17, 15) is 14.7 Å². The van der Waals surface area contributed by atoms with Crippen LogP contribution in [0.25, 0.3) is 0 Å². The molecule has 1 N–H and O–H groups in total. The molecule has 2 aliphatic heterocycles. The molecule has 2 heterocycles. The Balaban J connectivity index is 1.37. The highest BCUT2D eigenvalue weighted by Crippen LogP contribution is 2.29. The third-order valence-corrected chi connectivity index (χ3v) is 7.02. The summed E-state index contributed by atoms with van der Waals surface area (Å²) in [5, 5.41) is 11.5. The minimum absolute atomic E-state index is 0.0674. The van der Waals surface area contributed by atoms with E-state index in [-0.39, 0.29) is 25.0 Å². The van der Waals surface area contributed by atoms with Gasteiger partial charge in [0.25, 0.3) is 0 Å². The fourth-order valence-corrected chi connectivity index (χ4v) is 5.04. The molecule has 4 rings (SSSR count). The Kier molecular flexibility index (Phi) is 9.47. The zero-order valence-electron chi connectivity index (χ0n) is 22.4. The third kappa shape index (κ3) is 7.61. The Labute approximate surface area is 224 Å². The van der Waals surface area contributed by atoms with Crippen LogP contribution in [0.15, 0.2) is 48.5 Å². The Morgan fingerprint density at radius 2 is 1.84 bits per heavy atom. The number of methoxy groups -OCH3 is 1. The van der Waals surface area contributed by atoms with Crippen LogP contribution >= 0.6 is 0 Å². The van der Waals surface area contributed by atoms with Crippen LogP contribution in [-0.4, -0.2) is 96.8 Å². The van der Waals surface area contributed by atoms with Gasteiger partial charge in [0.2, 0.25) is 11.8 Å². The summed E-state index contributed by atoms with van der Waals surface area (Å²) >= 11 is 0. The lowest BCUT2D eigenvalue weighted by molar-refractivity contribution is -0.132. The molecule has 206 valence electrons. The quantitative estimate of drug-likeness (QED) is 0.451. The number of para-hydroxylation sites is 1. The molecule has 2 saturated heterocycles. The summed E-state index contributed by atoms with van der Waals surface area (Å²) in [7, 11) is 1.62. The fraction of sp³-hybridized carbons (Fsp3) is 0.517. The van der Waals surface area contributed by atoms with E-state index in [0.29, 0.717) is 63.0 Å². The second-order valence-electron chi connectivity index (χ2n) is 10.1. The summed E-state index contributed by atoms with van der Waals surface area (Å²) in [5.74, 6) is 2.14. The number of hydrogen-bond donors (Lipinski definition) is 1. The van der Waals surface area contributed by atoms with Crippen LogP contribution in [0, 0.1) is 0 Å². The lowest BCUT2D eigenvalue weighted by Gasteiger charge is -2.32. The summed E-state index contributed by atoms with van der Waals surface area (Å²) in [6.07, 6.45) is 2.36. The van der Waals surface area contributed by atoms with Crippen molar-refractivity contribution >= 4 is 11.8 Å². The highest BCUT2D eigenvalue weighted by molar-refractivity contribution is 5.78. The van der Waals surface area contributed by atoms with Crippen LogP contribution in [0.2, 0.25) is 0 Å². The van der Waals surface area contributed by atoms with E-state index in [1.807, 2.05) is 53.4 Å². The number of aliphatic hydroxyl groups is 1. The zero-order valence-corrected chi connectivity index (χ0v) is 22.4. The first kappa shape index (κ1) is 27.7. The number of nitrogens with zero attached hydrogens (tertiary/aromatic N) is 3. The molecule has 9 heteroatoms. The molecule has 2 aromatic carbocycles. The second kappa shape index (κ2) is 13.0. The van der Waals surface area contributed by atoms with Crippen LogP contribution in [0.1, 0.15) is 31.7 Å². The summed E-state index contributed by atoms with van der Waals surface area (Å²) in [4.78, 5) is 29.7. The Morgan fingerprint density at radius 3 is 2.55 bits per heavy atom. The number of likely N-dealkylation sites (tertiary alicyclic amines) is 1. The molecule has 0 unspecified atom stereocenters. The predicted molar refractivity (Wildman–Crippen MR) is 143 cm³/mol. The smallest absolute Gasteiger partial charge is 0.222 e. The number of amides is 2. The normalized spacial score (nSPS) is 20.3. The van der Waals surface area contributed by atoms with E-state index in [1.165, 1.54) is 6.92 Å². The van der Waals surface area contributed by atoms with E-state index < -0.39 is 5.60 Å². The average molecular weight is 526 g/mol. The maximum Gasteiger partial charge on any atom is 0.222 e. The van der Waals surface area contributed by atoms with Crippen molar-refractivity contribution in [2.75, 3.05) is 59.6 Å². The van der Waals surface area contributed by atoms with E-state index in [0.717, 1.165) is 24.9 Å². The van der Waals surface area contributed by atoms with Crippen molar-refractivity contribution in [3.63, 3.8) is 0 Å². The van der Waals surface area contributed by atoms with Crippen LogP contribution in [0.4, 0.5) is 0 Å². The lowest BCUT2D eigenvalue weighted by atomic mass is 10.0. The molecule has 2 amide bonds. The minimum atomic E-state index is -1.22. The first-order chi connectivity index (χ1) is 18.3. The van der Waals surface area contributed by atoms with Gasteiger partial charge >= 0.3 is 0 Å². The van der Waals surface area contributed by atoms with Crippen molar-refractivity contribution in [1.82, 2.24) is 14.7 Å². The van der Waals surface area contributed by atoms with Gasteiger partial charge < -0.3 is 29.1 Å². The molecule has 2 fully saturated rings. The number of ether oxygens (including phenoxy) is 3. The molecular formula is C29H39N3O6. The number of rotatable bonds is 11. The molecule has 38 heavy (non-hydrogen) atoms. The summed E-state index contributed by atoms with van der Waals surface area (Å²) < 4.78 is 17.4. The van der Waals surface area contributed by atoms with Gasteiger partial charge in [-0.15, -0.1) is 0 Å². The molecular weight excluding hydrogens is 486 g/mol. The van der Waals surface area contributed by atoms with Gasteiger partial charge in [-0.25, -0.2) is 0 Å². The van der Waals surface area contributed by atoms with E-state index in [2.05, 4.69) is 4.90 Å². The molecule has 0 saturated carbocycles. The SMILES string of the molecule is COc1cc(CN2CCN(C(C)=O)C[C@@](O)(COc3ccccc3)C2)ccc1OCCCN1CCCC1=O. The number of benzene rings is 2. The van der Waals surface area contributed by atoms with Crippen molar-refractivity contribution < 1.29 is 28.9 Å². The van der Waals surface area contributed by atoms with Gasteiger partial charge in [0.05, 0.1) is 20.3 Å². The Hall–Kier alpha value is -3.30. The second-order valence-corrected chi connectivity index (χ2v) is 10.1. The monoisotopic (exact) mass is 525 g/mol. The number of carbonyl (C=O) groups excluding carboxylic acids is 2. The largest absolute Gasteiger partial charge is 0.493 e. The van der Waals surface area contributed by atoms with Gasteiger partial charge in [0.1, 0.15) is 18.0 Å². The molecule has 2 aromatic rings. The number of β-amino-alcohol motifs (C(OH)–C–C–N with tert-alkyl or cyclic N) is 1. The molecule has 2 aliphatic rings. The molecule has 0 bridgehead atoms. The standard InChI is InChI=1S/C29H39N3O6/c1-23(33)32-16-15-30(20-29(35,21-32)22-38-25-8-4-3-5-9-25)19-24-11-12-26(27(18-24)36-2)37-17-7-14-31-13-6-10-28(31)34/h3-5,8-9,11-12,18,35H,6-7,10,13-17,19-22H2,1-2H3/t29-/m1/s1. The Morgan fingerprint density at radius 1 is 1.03 bits per heavy atom. The van der Waals surface area contributed by atoms with E-state index in [1.54, 1.807) is 12.0 Å². The number of carbonyl (C=O) groups is 2. The highest BCUT2D eigenvalue weighted by Gasteiger charge is 2.37. The fourth-order valence-electron chi connectivity index (χ4n) is 5.04. The van der Waals surface area contributed by atoms with Gasteiger partial charge in [0.15, 0.2) is 11.5 Å². The lowest BCUT2D eigenvalue weighted by Crippen LogP contribution is -2.51. The Bertz CT molecular complexity index is 1080. The molecule has 0 aliphatic carbocycles. The molecule has 1 atom stereocenters. The zero-order chi connectivity index (χ0) is 27.0. The van der Waals surface area contributed by atoms with Crippen LogP contribution in [0.5, 0.6) is 17.2 Å². The van der Waals surface area contributed by atoms with Crippen LogP contribution in [0.3, 0.4) is 0 Å². The van der Waals surface area contributed by atoms with Crippen molar-refractivity contribution in [2.24, 2.45) is 0 Å². The van der Waals surface area contributed by atoms with Crippen molar-refractivity contribution in [3.05, 3.63) is 54.1 Å². The number of hydrogen-bond acceptors (Lipinski definition) is 7. The maximum absolute atomic E-state index is 12.2. The predicted octanol–water partition coefficient (Wildman–Crippen LogP) is 2.56. The van der Waals surface area contributed by atoms with E-state index in [4.69, 9.17) is 14.2 Å². The maximum atomic E-state index is 12.2. The highest BCUT2D eigenvalue weighted by atomic mass is 16.5. The summed E-state index contributed by atoms with van der Waals surface area (Å²) in [6.45, 7) is 5.96. The first-order valence-electron chi connectivity index (χ1n) is 13.3.